The van der Waals surface area contributed by atoms with E-state index in [2.05, 4.69) is 10.6 Å². The lowest BCUT2D eigenvalue weighted by molar-refractivity contribution is -0.138. The fraction of sp³-hybridized carbons (Fsp3) is 0.471. The third kappa shape index (κ3) is 7.23. The van der Waals surface area contributed by atoms with Crippen LogP contribution in [-0.4, -0.2) is 54.0 Å². The van der Waals surface area contributed by atoms with E-state index in [-0.39, 0.29) is 31.4 Å². The highest BCUT2D eigenvalue weighted by molar-refractivity contribution is 5.95. The Morgan fingerprint density at radius 3 is 2.42 bits per heavy atom. The smallest absolute Gasteiger partial charge is 0.317 e. The standard InChI is InChI=1S/C17H25N3O4/c1-3-9-20(12-17(23)24)11-16(22)18-10-15(21)19-14-8-6-5-7-13(14)4-2/h5-8H,3-4,9-12H2,1-2H3,(H,18,22)(H,19,21)(H,23,24). The van der Waals surface area contributed by atoms with E-state index < -0.39 is 5.97 Å². The first-order chi connectivity index (χ1) is 11.5. The molecule has 1 aromatic rings. The number of benzene rings is 1. The van der Waals surface area contributed by atoms with Gasteiger partial charge in [-0.15, -0.1) is 0 Å². The van der Waals surface area contributed by atoms with Gasteiger partial charge in [-0.25, -0.2) is 0 Å². The maximum Gasteiger partial charge on any atom is 0.317 e. The molecular weight excluding hydrogens is 310 g/mol. The summed E-state index contributed by atoms with van der Waals surface area (Å²) in [6.45, 7) is 4.03. The van der Waals surface area contributed by atoms with Crippen molar-refractivity contribution in [3.05, 3.63) is 29.8 Å². The lowest BCUT2D eigenvalue weighted by atomic mass is 10.1. The minimum absolute atomic E-state index is 0.0427. The van der Waals surface area contributed by atoms with Crippen LogP contribution in [0.5, 0.6) is 0 Å². The average Bonchev–Trinajstić information content (AvgIpc) is 2.53. The third-order valence-corrected chi connectivity index (χ3v) is 3.38. The number of para-hydroxylation sites is 1. The molecule has 0 aliphatic rings. The number of aryl methyl sites for hydroxylation is 1. The summed E-state index contributed by atoms with van der Waals surface area (Å²) < 4.78 is 0. The van der Waals surface area contributed by atoms with E-state index in [1.807, 2.05) is 38.1 Å². The van der Waals surface area contributed by atoms with Crippen molar-refractivity contribution in [3.8, 4) is 0 Å². The number of carboxylic acids is 1. The predicted molar refractivity (Wildman–Crippen MR) is 91.8 cm³/mol. The number of nitrogens with one attached hydrogen (secondary N) is 2. The number of aliphatic carboxylic acids is 1. The molecule has 2 amide bonds. The van der Waals surface area contributed by atoms with Gasteiger partial charge in [-0.05, 0) is 31.0 Å². The molecule has 0 aliphatic heterocycles. The zero-order valence-electron chi connectivity index (χ0n) is 14.2. The van der Waals surface area contributed by atoms with Gasteiger partial charge in [0.1, 0.15) is 0 Å². The molecule has 0 saturated carbocycles. The van der Waals surface area contributed by atoms with Crippen LogP contribution in [0.4, 0.5) is 5.69 Å². The van der Waals surface area contributed by atoms with Crippen molar-refractivity contribution in [1.29, 1.82) is 0 Å². The Kier molecular flexibility index (Phi) is 8.49. The highest BCUT2D eigenvalue weighted by atomic mass is 16.4. The van der Waals surface area contributed by atoms with Gasteiger partial charge < -0.3 is 15.7 Å². The second-order valence-electron chi connectivity index (χ2n) is 5.44. The lowest BCUT2D eigenvalue weighted by Gasteiger charge is -2.18. The third-order valence-electron chi connectivity index (χ3n) is 3.38. The van der Waals surface area contributed by atoms with E-state index in [0.29, 0.717) is 6.54 Å². The van der Waals surface area contributed by atoms with Gasteiger partial charge in [0.15, 0.2) is 0 Å². The molecule has 1 rings (SSSR count). The van der Waals surface area contributed by atoms with Gasteiger partial charge in [0.05, 0.1) is 19.6 Å². The minimum Gasteiger partial charge on any atom is -0.480 e. The lowest BCUT2D eigenvalue weighted by Crippen LogP contribution is -2.42. The van der Waals surface area contributed by atoms with Gasteiger partial charge in [-0.1, -0.05) is 32.0 Å². The molecule has 0 aliphatic carbocycles. The summed E-state index contributed by atoms with van der Waals surface area (Å²) in [5, 5.41) is 14.1. The molecule has 3 N–H and O–H groups in total. The largest absolute Gasteiger partial charge is 0.480 e. The summed E-state index contributed by atoms with van der Waals surface area (Å²) in [4.78, 5) is 36.1. The number of rotatable bonds is 10. The Balaban J connectivity index is 2.45. The molecule has 0 heterocycles. The number of carbonyl (C=O) groups is 3. The number of hydrogen-bond acceptors (Lipinski definition) is 4. The highest BCUT2D eigenvalue weighted by Gasteiger charge is 2.14. The van der Waals surface area contributed by atoms with Crippen LogP contribution in [0.25, 0.3) is 0 Å². The molecule has 1 aromatic carbocycles. The Bertz CT molecular complexity index is 575. The number of amides is 2. The fourth-order valence-corrected chi connectivity index (χ4v) is 2.30. The Hall–Kier alpha value is -2.41. The molecule has 7 nitrogen and oxygen atoms in total. The van der Waals surface area contributed by atoms with Crippen LogP contribution < -0.4 is 10.6 Å². The summed E-state index contributed by atoms with van der Waals surface area (Å²) in [5.74, 6) is -1.67. The first-order valence-electron chi connectivity index (χ1n) is 8.04. The van der Waals surface area contributed by atoms with E-state index in [1.54, 1.807) is 0 Å². The first kappa shape index (κ1) is 19.6. The van der Waals surface area contributed by atoms with E-state index in [4.69, 9.17) is 5.11 Å². The van der Waals surface area contributed by atoms with Crippen molar-refractivity contribution in [2.45, 2.75) is 26.7 Å². The van der Waals surface area contributed by atoms with Gasteiger partial charge in [0.25, 0.3) is 0 Å². The minimum atomic E-state index is -0.981. The van der Waals surface area contributed by atoms with Crippen LogP contribution >= 0.6 is 0 Å². The first-order valence-corrected chi connectivity index (χ1v) is 8.04. The van der Waals surface area contributed by atoms with E-state index in [0.717, 1.165) is 24.1 Å². The monoisotopic (exact) mass is 335 g/mol. The Morgan fingerprint density at radius 2 is 1.79 bits per heavy atom. The normalized spacial score (nSPS) is 10.5. The molecule has 0 spiro atoms. The molecule has 0 bridgehead atoms. The molecule has 132 valence electrons. The summed E-state index contributed by atoms with van der Waals surface area (Å²) in [6.07, 6.45) is 1.54. The summed E-state index contributed by atoms with van der Waals surface area (Å²) in [5.41, 5.74) is 1.76. The van der Waals surface area contributed by atoms with Gasteiger partial charge >= 0.3 is 5.97 Å². The van der Waals surface area contributed by atoms with Crippen LogP contribution in [0.3, 0.4) is 0 Å². The topological polar surface area (TPSA) is 98.7 Å². The van der Waals surface area contributed by atoms with Crippen LogP contribution in [0.2, 0.25) is 0 Å². The number of carbonyl (C=O) groups excluding carboxylic acids is 2. The molecule has 0 aromatic heterocycles. The van der Waals surface area contributed by atoms with Gasteiger partial charge in [-0.3, -0.25) is 19.3 Å². The molecule has 24 heavy (non-hydrogen) atoms. The van der Waals surface area contributed by atoms with Crippen molar-refractivity contribution >= 4 is 23.5 Å². The van der Waals surface area contributed by atoms with Gasteiger partial charge in [0, 0.05) is 5.69 Å². The molecule has 0 atom stereocenters. The highest BCUT2D eigenvalue weighted by Crippen LogP contribution is 2.14. The van der Waals surface area contributed by atoms with Crippen LogP contribution in [-0.2, 0) is 20.8 Å². The number of nitrogens with zero attached hydrogens (tertiary/aromatic N) is 1. The SMILES string of the molecule is CCCN(CC(=O)O)CC(=O)NCC(=O)Nc1ccccc1CC. The number of carboxylic acid groups (broad SMARTS) is 1. The van der Waals surface area contributed by atoms with Crippen LogP contribution in [0.15, 0.2) is 24.3 Å². The van der Waals surface area contributed by atoms with E-state index >= 15 is 0 Å². The quantitative estimate of drug-likeness (QED) is 0.595. The molecule has 0 radical (unpaired) electrons. The van der Waals surface area contributed by atoms with Crippen molar-refractivity contribution in [2.24, 2.45) is 0 Å². The van der Waals surface area contributed by atoms with Crippen molar-refractivity contribution in [3.63, 3.8) is 0 Å². The van der Waals surface area contributed by atoms with E-state index in [1.165, 1.54) is 4.90 Å². The van der Waals surface area contributed by atoms with Crippen molar-refractivity contribution < 1.29 is 19.5 Å². The summed E-state index contributed by atoms with van der Waals surface area (Å²) in [6, 6.07) is 7.49. The second kappa shape index (κ2) is 10.4. The number of hydrogen-bond donors (Lipinski definition) is 3. The zero-order valence-corrected chi connectivity index (χ0v) is 14.2. The Morgan fingerprint density at radius 1 is 1.08 bits per heavy atom. The molecule has 0 unspecified atom stereocenters. The van der Waals surface area contributed by atoms with Crippen molar-refractivity contribution in [2.75, 3.05) is 31.5 Å². The Labute approximate surface area is 142 Å². The molecule has 7 heteroatoms. The van der Waals surface area contributed by atoms with Gasteiger partial charge in [-0.2, -0.15) is 0 Å². The molecule has 0 saturated heterocycles. The maximum atomic E-state index is 11.9. The molecular formula is C17H25N3O4. The summed E-state index contributed by atoms with van der Waals surface area (Å²) >= 11 is 0. The fourth-order valence-electron chi connectivity index (χ4n) is 2.30. The summed E-state index contributed by atoms with van der Waals surface area (Å²) in [7, 11) is 0. The van der Waals surface area contributed by atoms with Crippen LogP contribution in [0, 0.1) is 0 Å². The van der Waals surface area contributed by atoms with Crippen molar-refractivity contribution in [1.82, 2.24) is 10.2 Å². The zero-order chi connectivity index (χ0) is 17.9. The maximum absolute atomic E-state index is 11.9. The second-order valence-corrected chi connectivity index (χ2v) is 5.44. The van der Waals surface area contributed by atoms with Gasteiger partial charge in [0.2, 0.25) is 11.8 Å². The average molecular weight is 335 g/mol. The predicted octanol–water partition coefficient (Wildman–Crippen LogP) is 1.10. The van der Waals surface area contributed by atoms with Crippen LogP contribution in [0.1, 0.15) is 25.8 Å². The van der Waals surface area contributed by atoms with E-state index in [9.17, 15) is 14.4 Å². The number of anilines is 1. The molecule has 0 fully saturated rings.